The van der Waals surface area contributed by atoms with Crippen LogP contribution in [0.4, 0.5) is 0 Å². The lowest BCUT2D eigenvalue weighted by Gasteiger charge is -2.37. The van der Waals surface area contributed by atoms with Crippen LogP contribution in [0, 0.1) is 0 Å². The molecular formula is C11H22N2S. The van der Waals surface area contributed by atoms with Gasteiger partial charge in [-0.3, -0.25) is 4.90 Å². The lowest BCUT2D eigenvalue weighted by molar-refractivity contribution is 0.149. The van der Waals surface area contributed by atoms with Gasteiger partial charge in [0.05, 0.1) is 11.0 Å². The Hall–Kier alpha value is -0.150. The molecule has 0 saturated heterocycles. The number of hydrogen-bond donors (Lipinski definition) is 1. The summed E-state index contributed by atoms with van der Waals surface area (Å²) in [5, 5.41) is 0. The molecule has 0 aliphatic heterocycles. The fourth-order valence-corrected chi connectivity index (χ4v) is 2.56. The van der Waals surface area contributed by atoms with E-state index in [1.54, 1.807) is 0 Å². The van der Waals surface area contributed by atoms with E-state index in [2.05, 4.69) is 18.7 Å². The zero-order valence-electron chi connectivity index (χ0n) is 9.33. The van der Waals surface area contributed by atoms with Crippen molar-refractivity contribution in [2.24, 2.45) is 5.73 Å². The van der Waals surface area contributed by atoms with E-state index in [-0.39, 0.29) is 6.04 Å². The Kier molecular flexibility index (Phi) is 4.82. The number of rotatable bonds is 4. The fourth-order valence-electron chi connectivity index (χ4n) is 2.42. The van der Waals surface area contributed by atoms with Crippen LogP contribution in [0.25, 0.3) is 0 Å². The van der Waals surface area contributed by atoms with Crippen LogP contribution in [0.1, 0.15) is 46.0 Å². The Morgan fingerprint density at radius 3 is 2.43 bits per heavy atom. The van der Waals surface area contributed by atoms with Gasteiger partial charge in [0.1, 0.15) is 0 Å². The molecule has 1 aliphatic rings. The van der Waals surface area contributed by atoms with Gasteiger partial charge in [-0.1, -0.05) is 38.4 Å². The molecule has 3 heteroatoms. The first-order chi connectivity index (χ1) is 6.66. The molecule has 0 spiro atoms. The van der Waals surface area contributed by atoms with E-state index in [1.165, 1.54) is 32.1 Å². The Balaban J connectivity index is 2.55. The van der Waals surface area contributed by atoms with Crippen molar-refractivity contribution in [2.75, 3.05) is 6.54 Å². The van der Waals surface area contributed by atoms with Crippen LogP contribution < -0.4 is 5.73 Å². The van der Waals surface area contributed by atoms with Crippen molar-refractivity contribution >= 4 is 17.2 Å². The number of nitrogens with two attached hydrogens (primary N) is 1. The van der Waals surface area contributed by atoms with Gasteiger partial charge in [-0.15, -0.1) is 0 Å². The number of hydrogen-bond acceptors (Lipinski definition) is 2. The standard InChI is InChI=1S/C11H22N2S/c1-3-13(9(2)11(12)14)10-7-5-4-6-8-10/h9-10H,3-8H2,1-2H3,(H2,12,14). The molecule has 2 N–H and O–H groups in total. The van der Waals surface area contributed by atoms with E-state index in [1.807, 2.05) is 0 Å². The van der Waals surface area contributed by atoms with Crippen LogP contribution >= 0.6 is 12.2 Å². The van der Waals surface area contributed by atoms with Crippen molar-refractivity contribution in [3.8, 4) is 0 Å². The largest absolute Gasteiger partial charge is 0.392 e. The van der Waals surface area contributed by atoms with Crippen LogP contribution in [0.5, 0.6) is 0 Å². The summed E-state index contributed by atoms with van der Waals surface area (Å²) in [4.78, 5) is 3.10. The average Bonchev–Trinajstić information content (AvgIpc) is 2.20. The SMILES string of the molecule is CCN(C1CCCCC1)C(C)C(N)=S. The summed E-state index contributed by atoms with van der Waals surface area (Å²) in [6.07, 6.45) is 6.77. The highest BCUT2D eigenvalue weighted by Crippen LogP contribution is 2.23. The average molecular weight is 214 g/mol. The van der Waals surface area contributed by atoms with Gasteiger partial charge in [-0.05, 0) is 26.3 Å². The van der Waals surface area contributed by atoms with Crippen molar-refractivity contribution in [2.45, 2.75) is 58.0 Å². The molecule has 0 amide bonds. The second-order valence-electron chi connectivity index (χ2n) is 4.20. The van der Waals surface area contributed by atoms with E-state index in [4.69, 9.17) is 18.0 Å². The van der Waals surface area contributed by atoms with Crippen LogP contribution in [0.15, 0.2) is 0 Å². The van der Waals surface area contributed by atoms with E-state index < -0.39 is 0 Å². The molecular weight excluding hydrogens is 192 g/mol. The van der Waals surface area contributed by atoms with Crippen molar-refractivity contribution in [1.29, 1.82) is 0 Å². The Morgan fingerprint density at radius 2 is 2.00 bits per heavy atom. The van der Waals surface area contributed by atoms with Gasteiger partial charge >= 0.3 is 0 Å². The maximum atomic E-state index is 5.71. The van der Waals surface area contributed by atoms with Gasteiger partial charge < -0.3 is 5.73 Å². The molecule has 1 unspecified atom stereocenters. The third kappa shape index (κ3) is 2.92. The lowest BCUT2D eigenvalue weighted by Crippen LogP contribution is -2.48. The molecule has 0 aromatic carbocycles. The molecule has 1 fully saturated rings. The van der Waals surface area contributed by atoms with Crippen LogP contribution in [-0.4, -0.2) is 28.5 Å². The molecule has 0 aromatic heterocycles. The minimum Gasteiger partial charge on any atom is -0.392 e. The monoisotopic (exact) mass is 214 g/mol. The molecule has 0 aromatic rings. The van der Waals surface area contributed by atoms with Gasteiger partial charge in [0.25, 0.3) is 0 Å². The third-order valence-electron chi connectivity index (χ3n) is 3.32. The first kappa shape index (κ1) is 11.9. The Morgan fingerprint density at radius 1 is 1.43 bits per heavy atom. The smallest absolute Gasteiger partial charge is 0.0899 e. The van der Waals surface area contributed by atoms with E-state index in [9.17, 15) is 0 Å². The van der Waals surface area contributed by atoms with Crippen LogP contribution in [0.2, 0.25) is 0 Å². The van der Waals surface area contributed by atoms with E-state index >= 15 is 0 Å². The van der Waals surface area contributed by atoms with Crippen LogP contribution in [0.3, 0.4) is 0 Å². The van der Waals surface area contributed by atoms with Gasteiger partial charge in [0.15, 0.2) is 0 Å². The first-order valence-corrected chi connectivity index (χ1v) is 6.12. The highest BCUT2D eigenvalue weighted by molar-refractivity contribution is 7.80. The fraction of sp³-hybridized carbons (Fsp3) is 0.909. The zero-order chi connectivity index (χ0) is 10.6. The molecule has 82 valence electrons. The van der Waals surface area contributed by atoms with Crippen molar-refractivity contribution in [1.82, 2.24) is 4.90 Å². The summed E-state index contributed by atoms with van der Waals surface area (Å²) in [5.41, 5.74) is 5.71. The number of thiocarbonyl (C=S) groups is 1. The molecule has 0 bridgehead atoms. The predicted molar refractivity (Wildman–Crippen MR) is 65.5 cm³/mol. The second-order valence-corrected chi connectivity index (χ2v) is 4.67. The lowest BCUT2D eigenvalue weighted by atomic mass is 9.93. The van der Waals surface area contributed by atoms with E-state index in [0.29, 0.717) is 11.0 Å². The molecule has 1 aliphatic carbocycles. The number of likely N-dealkylation sites (N-methyl/N-ethyl adjacent to an activating group) is 1. The minimum atomic E-state index is 0.262. The Bertz CT molecular complexity index is 188. The van der Waals surface area contributed by atoms with Gasteiger partial charge in [-0.2, -0.15) is 0 Å². The van der Waals surface area contributed by atoms with Gasteiger partial charge in [0.2, 0.25) is 0 Å². The van der Waals surface area contributed by atoms with Crippen molar-refractivity contribution in [3.63, 3.8) is 0 Å². The third-order valence-corrected chi connectivity index (χ3v) is 3.66. The second kappa shape index (κ2) is 5.66. The van der Waals surface area contributed by atoms with Crippen LogP contribution in [-0.2, 0) is 0 Å². The van der Waals surface area contributed by atoms with Gasteiger partial charge in [0, 0.05) is 6.04 Å². The topological polar surface area (TPSA) is 29.3 Å². The number of nitrogens with zero attached hydrogens (tertiary/aromatic N) is 1. The molecule has 1 saturated carbocycles. The minimum absolute atomic E-state index is 0.262. The maximum absolute atomic E-state index is 5.71. The van der Waals surface area contributed by atoms with Crippen molar-refractivity contribution in [3.05, 3.63) is 0 Å². The summed E-state index contributed by atoms with van der Waals surface area (Å²) in [5.74, 6) is 0. The normalized spacial score (nSPS) is 21.1. The predicted octanol–water partition coefficient (Wildman–Crippen LogP) is 2.32. The summed E-state index contributed by atoms with van der Waals surface area (Å²) in [6, 6.07) is 0.975. The molecule has 1 rings (SSSR count). The summed E-state index contributed by atoms with van der Waals surface area (Å²) >= 11 is 5.07. The maximum Gasteiger partial charge on any atom is 0.0899 e. The van der Waals surface area contributed by atoms with Gasteiger partial charge in [-0.25, -0.2) is 0 Å². The zero-order valence-corrected chi connectivity index (χ0v) is 10.1. The molecule has 0 heterocycles. The summed E-state index contributed by atoms with van der Waals surface area (Å²) < 4.78 is 0. The molecule has 2 nitrogen and oxygen atoms in total. The highest BCUT2D eigenvalue weighted by atomic mass is 32.1. The van der Waals surface area contributed by atoms with Crippen molar-refractivity contribution < 1.29 is 0 Å². The Labute approximate surface area is 92.8 Å². The molecule has 1 atom stereocenters. The molecule has 14 heavy (non-hydrogen) atoms. The first-order valence-electron chi connectivity index (χ1n) is 5.72. The summed E-state index contributed by atoms with van der Waals surface area (Å²) in [6.45, 7) is 5.38. The van der Waals surface area contributed by atoms with E-state index in [0.717, 1.165) is 6.54 Å². The quantitative estimate of drug-likeness (QED) is 0.728. The molecule has 0 radical (unpaired) electrons. The highest BCUT2D eigenvalue weighted by Gasteiger charge is 2.24. The summed E-state index contributed by atoms with van der Waals surface area (Å²) in [7, 11) is 0.